The first kappa shape index (κ1) is 20.8. The van der Waals surface area contributed by atoms with E-state index in [4.69, 9.17) is 0 Å². The fourth-order valence-corrected chi connectivity index (χ4v) is 5.41. The van der Waals surface area contributed by atoms with Crippen LogP contribution in [0.2, 0.25) is 0 Å². The minimum atomic E-state index is -3.37. The summed E-state index contributed by atoms with van der Waals surface area (Å²) in [5.41, 5.74) is 1.19. The number of nitrogens with zero attached hydrogens (tertiary/aromatic N) is 1. The molecule has 2 aromatic carbocycles. The Morgan fingerprint density at radius 2 is 1.86 bits per heavy atom. The first-order valence-electron chi connectivity index (χ1n) is 9.41. The molecule has 0 heterocycles. The van der Waals surface area contributed by atoms with E-state index in [0.29, 0.717) is 29.8 Å². The molecule has 154 valence electrons. The largest absolute Gasteiger partial charge is 0.376 e. The van der Waals surface area contributed by atoms with Crippen LogP contribution in [0, 0.1) is 17.0 Å². The Labute approximate surface area is 169 Å². The zero-order valence-electron chi connectivity index (χ0n) is 16.1. The molecule has 2 aromatic rings. The quantitative estimate of drug-likeness (QED) is 0.524. The number of nitro benzene ring substituents is 1. The number of amides is 1. The molecule has 2 N–H and O–H groups in total. The van der Waals surface area contributed by atoms with Crippen molar-refractivity contribution in [2.75, 3.05) is 17.2 Å². The molecule has 0 spiro atoms. The van der Waals surface area contributed by atoms with Crippen molar-refractivity contribution < 1.29 is 18.1 Å². The molecule has 1 aliphatic carbocycles. The Morgan fingerprint density at radius 3 is 2.55 bits per heavy atom. The predicted octanol–water partition coefficient (Wildman–Crippen LogP) is 3.67. The van der Waals surface area contributed by atoms with Crippen LogP contribution in [0.3, 0.4) is 0 Å². The van der Waals surface area contributed by atoms with Gasteiger partial charge in [0.25, 0.3) is 5.69 Å². The summed E-state index contributed by atoms with van der Waals surface area (Å²) in [6.07, 6.45) is 3.23. The summed E-state index contributed by atoms with van der Waals surface area (Å²) in [5.74, 6) is -0.391. The summed E-state index contributed by atoms with van der Waals surface area (Å²) >= 11 is 0. The molecule has 0 radical (unpaired) electrons. The maximum atomic E-state index is 12.7. The van der Waals surface area contributed by atoms with Gasteiger partial charge in [-0.1, -0.05) is 25.0 Å². The molecular formula is C20H23N3O5S. The van der Waals surface area contributed by atoms with E-state index in [1.54, 1.807) is 37.3 Å². The van der Waals surface area contributed by atoms with Crippen molar-refractivity contribution >= 4 is 32.8 Å². The lowest BCUT2D eigenvalue weighted by Crippen LogP contribution is -2.22. The SMILES string of the molecule is Cc1c(NC(=O)CNc2cccc(S(=O)(=O)C3CCCC3)c2)cccc1[N+](=O)[O-]. The normalized spacial score (nSPS) is 14.5. The number of benzene rings is 2. The average molecular weight is 417 g/mol. The average Bonchev–Trinajstić information content (AvgIpc) is 3.24. The number of hydrogen-bond donors (Lipinski definition) is 2. The molecule has 8 nitrogen and oxygen atoms in total. The van der Waals surface area contributed by atoms with E-state index in [1.807, 2.05) is 0 Å². The van der Waals surface area contributed by atoms with Gasteiger partial charge < -0.3 is 10.6 Å². The first-order valence-corrected chi connectivity index (χ1v) is 11.0. The van der Waals surface area contributed by atoms with Crippen molar-refractivity contribution in [3.63, 3.8) is 0 Å². The number of hydrogen-bond acceptors (Lipinski definition) is 6. The van der Waals surface area contributed by atoms with Gasteiger partial charge in [-0.2, -0.15) is 0 Å². The number of carbonyl (C=O) groups excluding carboxylic acids is 1. The fraction of sp³-hybridized carbons (Fsp3) is 0.350. The van der Waals surface area contributed by atoms with Gasteiger partial charge in [-0.15, -0.1) is 0 Å². The van der Waals surface area contributed by atoms with Crippen molar-refractivity contribution in [2.45, 2.75) is 42.8 Å². The Balaban J connectivity index is 1.65. The number of sulfone groups is 1. The van der Waals surface area contributed by atoms with E-state index >= 15 is 0 Å². The third-order valence-corrected chi connectivity index (χ3v) is 7.39. The lowest BCUT2D eigenvalue weighted by atomic mass is 10.1. The van der Waals surface area contributed by atoms with Crippen LogP contribution >= 0.6 is 0 Å². The van der Waals surface area contributed by atoms with E-state index in [1.165, 1.54) is 12.1 Å². The van der Waals surface area contributed by atoms with E-state index in [-0.39, 0.29) is 22.4 Å². The highest BCUT2D eigenvalue weighted by atomic mass is 32.2. The second-order valence-corrected chi connectivity index (χ2v) is 9.32. The van der Waals surface area contributed by atoms with E-state index in [2.05, 4.69) is 10.6 Å². The first-order chi connectivity index (χ1) is 13.8. The highest BCUT2D eigenvalue weighted by molar-refractivity contribution is 7.92. The summed E-state index contributed by atoms with van der Waals surface area (Å²) in [4.78, 5) is 23.0. The molecule has 1 aliphatic rings. The monoisotopic (exact) mass is 417 g/mol. The van der Waals surface area contributed by atoms with E-state index in [0.717, 1.165) is 12.8 Å². The van der Waals surface area contributed by atoms with Crippen molar-refractivity contribution in [3.8, 4) is 0 Å². The highest BCUT2D eigenvalue weighted by Gasteiger charge is 2.30. The standard InChI is InChI=1S/C20H23N3O5S/c1-14-18(10-5-11-19(14)23(25)26)22-20(24)13-21-15-6-4-9-17(12-15)29(27,28)16-7-2-3-8-16/h4-6,9-12,16,21H,2-3,7-8,13H2,1H3,(H,22,24). The van der Waals surface area contributed by atoms with Gasteiger partial charge in [0.2, 0.25) is 5.91 Å². The van der Waals surface area contributed by atoms with Gasteiger partial charge in [-0.25, -0.2) is 8.42 Å². The Kier molecular flexibility index (Phi) is 6.17. The third kappa shape index (κ3) is 4.73. The minimum Gasteiger partial charge on any atom is -0.376 e. The Bertz CT molecular complexity index is 1030. The summed E-state index contributed by atoms with van der Waals surface area (Å²) in [6, 6.07) is 10.9. The summed E-state index contributed by atoms with van der Waals surface area (Å²) in [6.45, 7) is 1.47. The smallest absolute Gasteiger partial charge is 0.274 e. The highest BCUT2D eigenvalue weighted by Crippen LogP contribution is 2.30. The topological polar surface area (TPSA) is 118 Å². The van der Waals surface area contributed by atoms with Gasteiger partial charge in [-0.3, -0.25) is 14.9 Å². The molecule has 0 aromatic heterocycles. The maximum absolute atomic E-state index is 12.7. The van der Waals surface area contributed by atoms with Crippen LogP contribution in [0.4, 0.5) is 17.1 Å². The van der Waals surface area contributed by atoms with Gasteiger partial charge >= 0.3 is 0 Å². The maximum Gasteiger partial charge on any atom is 0.274 e. The van der Waals surface area contributed by atoms with Crippen molar-refractivity contribution in [1.29, 1.82) is 0 Å². The van der Waals surface area contributed by atoms with Gasteiger partial charge in [0, 0.05) is 11.8 Å². The van der Waals surface area contributed by atoms with Gasteiger partial charge in [0.15, 0.2) is 9.84 Å². The van der Waals surface area contributed by atoms with Crippen LogP contribution in [0.15, 0.2) is 47.4 Å². The Morgan fingerprint density at radius 1 is 1.17 bits per heavy atom. The number of rotatable bonds is 7. The van der Waals surface area contributed by atoms with Crippen LogP contribution in [0.1, 0.15) is 31.2 Å². The minimum absolute atomic E-state index is 0.0689. The molecule has 1 saturated carbocycles. The summed E-state index contributed by atoms with van der Waals surface area (Å²) in [7, 11) is -3.37. The summed E-state index contributed by atoms with van der Waals surface area (Å²) < 4.78 is 25.5. The van der Waals surface area contributed by atoms with Gasteiger partial charge in [-0.05, 0) is 44.0 Å². The second kappa shape index (κ2) is 8.60. The molecule has 0 unspecified atom stereocenters. The lowest BCUT2D eigenvalue weighted by Gasteiger charge is -2.13. The molecule has 29 heavy (non-hydrogen) atoms. The predicted molar refractivity (Wildman–Crippen MR) is 111 cm³/mol. The number of anilines is 2. The lowest BCUT2D eigenvalue weighted by molar-refractivity contribution is -0.385. The molecule has 0 bridgehead atoms. The van der Waals surface area contributed by atoms with Crippen molar-refractivity contribution in [3.05, 3.63) is 58.1 Å². The van der Waals surface area contributed by atoms with Gasteiger partial charge in [0.1, 0.15) is 0 Å². The molecule has 9 heteroatoms. The molecule has 1 amide bonds. The third-order valence-electron chi connectivity index (χ3n) is 5.13. The van der Waals surface area contributed by atoms with Crippen molar-refractivity contribution in [2.24, 2.45) is 0 Å². The van der Waals surface area contributed by atoms with Crippen LogP contribution in [0.25, 0.3) is 0 Å². The second-order valence-electron chi connectivity index (χ2n) is 7.09. The molecule has 3 rings (SSSR count). The Hall–Kier alpha value is -2.94. The zero-order valence-corrected chi connectivity index (χ0v) is 16.9. The van der Waals surface area contributed by atoms with Crippen LogP contribution in [0.5, 0.6) is 0 Å². The van der Waals surface area contributed by atoms with E-state index < -0.39 is 20.7 Å². The molecule has 1 fully saturated rings. The number of carbonyl (C=O) groups is 1. The molecule has 0 saturated heterocycles. The fourth-order valence-electron chi connectivity index (χ4n) is 3.51. The van der Waals surface area contributed by atoms with Crippen LogP contribution < -0.4 is 10.6 Å². The van der Waals surface area contributed by atoms with E-state index in [9.17, 15) is 23.3 Å². The van der Waals surface area contributed by atoms with Crippen LogP contribution in [-0.4, -0.2) is 31.0 Å². The molecule has 0 atom stereocenters. The number of nitro groups is 1. The van der Waals surface area contributed by atoms with Crippen molar-refractivity contribution in [1.82, 2.24) is 0 Å². The van der Waals surface area contributed by atoms with Crippen LogP contribution in [-0.2, 0) is 14.6 Å². The van der Waals surface area contributed by atoms with Gasteiger partial charge in [0.05, 0.1) is 32.9 Å². The zero-order chi connectivity index (χ0) is 21.0. The molecule has 0 aliphatic heterocycles. The molecular weight excluding hydrogens is 394 g/mol. The number of nitrogens with one attached hydrogen (secondary N) is 2. The summed E-state index contributed by atoms with van der Waals surface area (Å²) in [5, 5.41) is 16.2.